The second-order valence-electron chi connectivity index (χ2n) is 10.5. The lowest BCUT2D eigenvalue weighted by molar-refractivity contribution is -0.179. The molecule has 2 N–H and O–H groups in total. The molecule has 4 rings (SSSR count). The molecule has 4 fully saturated rings. The van der Waals surface area contributed by atoms with Crippen LogP contribution >= 0.6 is 0 Å². The molecule has 0 unspecified atom stereocenters. The minimum atomic E-state index is -0.729. The van der Waals surface area contributed by atoms with E-state index in [1.54, 1.807) is 6.92 Å². The first-order valence-corrected chi connectivity index (χ1v) is 11.3. The highest BCUT2D eigenvalue weighted by Gasteiger charge is 2.65. The summed E-state index contributed by atoms with van der Waals surface area (Å²) in [4.78, 5) is 23.9. The largest absolute Gasteiger partial charge is 0.481 e. The Morgan fingerprint density at radius 2 is 1.79 bits per heavy atom. The van der Waals surface area contributed by atoms with Gasteiger partial charge >= 0.3 is 11.9 Å². The normalized spacial score (nSPS) is 48.7. The van der Waals surface area contributed by atoms with Crippen molar-refractivity contribution in [2.45, 2.75) is 90.8 Å². The van der Waals surface area contributed by atoms with Gasteiger partial charge in [-0.15, -0.1) is 0 Å². The molecule has 0 saturated heterocycles. The van der Waals surface area contributed by atoms with Gasteiger partial charge < -0.3 is 14.9 Å². The number of aliphatic carboxylic acids is 1. The third-order valence-corrected chi connectivity index (χ3v) is 9.51. The number of ether oxygens (including phenoxy) is 1. The number of hydrogen-bond acceptors (Lipinski definition) is 4. The summed E-state index contributed by atoms with van der Waals surface area (Å²) in [5.74, 6) is 0.827. The lowest BCUT2D eigenvalue weighted by atomic mass is 9.44. The van der Waals surface area contributed by atoms with E-state index in [4.69, 9.17) is 4.74 Å². The molecule has 5 heteroatoms. The van der Waals surface area contributed by atoms with Crippen molar-refractivity contribution in [2.75, 3.05) is 0 Å². The number of carbonyl (C=O) groups is 2. The first-order chi connectivity index (χ1) is 13.2. The van der Waals surface area contributed by atoms with Gasteiger partial charge in [-0.2, -0.15) is 0 Å². The van der Waals surface area contributed by atoms with E-state index in [1.165, 1.54) is 6.92 Å². The third-order valence-electron chi connectivity index (χ3n) is 9.51. The van der Waals surface area contributed by atoms with Crippen LogP contribution in [-0.2, 0) is 14.3 Å². The van der Waals surface area contributed by atoms with Crippen molar-refractivity contribution < 1.29 is 24.5 Å². The molecular weight excluding hydrogens is 356 g/mol. The van der Waals surface area contributed by atoms with E-state index in [2.05, 4.69) is 6.92 Å². The maximum absolute atomic E-state index is 12.5. The summed E-state index contributed by atoms with van der Waals surface area (Å²) in [6.45, 7) is 5.70. The van der Waals surface area contributed by atoms with Gasteiger partial charge in [0.1, 0.15) is 6.10 Å². The van der Waals surface area contributed by atoms with Crippen LogP contribution in [0, 0.1) is 40.4 Å². The molecule has 0 heterocycles. The van der Waals surface area contributed by atoms with Crippen LogP contribution in [0.1, 0.15) is 78.6 Å². The summed E-state index contributed by atoms with van der Waals surface area (Å²) in [5.41, 5.74) is -0.499. The Kier molecular flexibility index (Phi) is 5.05. The standard InChI is InChI=1S/C23H36O5/c1-13(24)18-6-7-20-17-5-4-15-12-16(28-14(2)25)8-10-22(15,3)19(17)9-11-23(18,20)21(26)27/h13,15-20,24H,4-12H2,1-3H3,(H,26,27)/t13-,15+,16-,17-,18-,19+,20+,22+,23+/m1/s1. The van der Waals surface area contributed by atoms with Gasteiger partial charge in [0.15, 0.2) is 0 Å². The number of carboxylic acid groups (broad SMARTS) is 1. The number of aliphatic hydroxyl groups excluding tert-OH is 1. The minimum absolute atomic E-state index is 0.0555. The van der Waals surface area contributed by atoms with Gasteiger partial charge in [0, 0.05) is 12.8 Å². The summed E-state index contributed by atoms with van der Waals surface area (Å²) in [6, 6.07) is 0. The molecule has 0 aromatic rings. The number of rotatable bonds is 3. The highest BCUT2D eigenvalue weighted by molar-refractivity contribution is 5.76. The lowest BCUT2D eigenvalue weighted by Gasteiger charge is -2.60. The second-order valence-corrected chi connectivity index (χ2v) is 10.5. The first-order valence-electron chi connectivity index (χ1n) is 11.3. The zero-order valence-electron chi connectivity index (χ0n) is 17.5. The predicted molar refractivity (Wildman–Crippen MR) is 104 cm³/mol. The molecule has 28 heavy (non-hydrogen) atoms. The van der Waals surface area contributed by atoms with Crippen LogP contribution in [0.5, 0.6) is 0 Å². The SMILES string of the molecule is CC(=O)O[C@@H]1CC[C@@]2(C)[C@@H](CC[C@@H]3[C@@H]2CC[C@]2(C(=O)O)[C@@H]([C@@H](C)O)CC[C@@H]32)C1. The van der Waals surface area contributed by atoms with Gasteiger partial charge in [0.2, 0.25) is 0 Å². The number of carbonyl (C=O) groups excluding carboxylic acids is 1. The van der Waals surface area contributed by atoms with Crippen LogP contribution < -0.4 is 0 Å². The van der Waals surface area contributed by atoms with Crippen molar-refractivity contribution in [3.63, 3.8) is 0 Å². The van der Waals surface area contributed by atoms with Gasteiger partial charge in [-0.1, -0.05) is 6.92 Å². The maximum atomic E-state index is 12.5. The molecule has 0 aliphatic heterocycles. The molecular formula is C23H36O5. The Labute approximate surface area is 168 Å². The Morgan fingerprint density at radius 1 is 1.04 bits per heavy atom. The van der Waals surface area contributed by atoms with Crippen molar-refractivity contribution in [3.8, 4) is 0 Å². The Balaban J connectivity index is 1.58. The number of carboxylic acids is 1. The molecule has 4 saturated carbocycles. The molecule has 4 aliphatic rings. The third kappa shape index (κ3) is 2.83. The van der Waals surface area contributed by atoms with Crippen molar-refractivity contribution >= 4 is 11.9 Å². The Morgan fingerprint density at radius 3 is 2.43 bits per heavy atom. The Bertz CT molecular complexity index is 645. The van der Waals surface area contributed by atoms with E-state index in [0.717, 1.165) is 51.4 Å². The topological polar surface area (TPSA) is 83.8 Å². The first kappa shape index (κ1) is 20.2. The van der Waals surface area contributed by atoms with Crippen LogP contribution in [0.25, 0.3) is 0 Å². The molecule has 4 aliphatic carbocycles. The summed E-state index contributed by atoms with van der Waals surface area (Å²) >= 11 is 0. The highest BCUT2D eigenvalue weighted by Crippen LogP contribution is 2.68. The lowest BCUT2D eigenvalue weighted by Crippen LogP contribution is -2.57. The van der Waals surface area contributed by atoms with Crippen molar-refractivity contribution in [3.05, 3.63) is 0 Å². The molecule has 158 valence electrons. The molecule has 0 bridgehead atoms. The number of fused-ring (bicyclic) bond motifs is 5. The summed E-state index contributed by atoms with van der Waals surface area (Å²) in [7, 11) is 0. The number of hydrogen-bond donors (Lipinski definition) is 2. The molecule has 0 radical (unpaired) electrons. The van der Waals surface area contributed by atoms with Gasteiger partial charge in [0.05, 0.1) is 11.5 Å². The van der Waals surface area contributed by atoms with E-state index < -0.39 is 17.5 Å². The van der Waals surface area contributed by atoms with Crippen LogP contribution in [-0.4, -0.2) is 34.4 Å². The van der Waals surface area contributed by atoms with Crippen LogP contribution in [0.15, 0.2) is 0 Å². The van der Waals surface area contributed by atoms with E-state index in [1.807, 2.05) is 0 Å². The fourth-order valence-electron chi connectivity index (χ4n) is 8.37. The average molecular weight is 393 g/mol. The highest BCUT2D eigenvalue weighted by atomic mass is 16.5. The van der Waals surface area contributed by atoms with Gasteiger partial charge in [-0.25, -0.2) is 0 Å². The second kappa shape index (κ2) is 7.00. The van der Waals surface area contributed by atoms with E-state index in [-0.39, 0.29) is 29.3 Å². The quantitative estimate of drug-likeness (QED) is 0.709. The average Bonchev–Trinajstić information content (AvgIpc) is 3.03. The van der Waals surface area contributed by atoms with Crippen LogP contribution in [0.2, 0.25) is 0 Å². The maximum Gasteiger partial charge on any atom is 0.310 e. The molecule has 0 aromatic heterocycles. The minimum Gasteiger partial charge on any atom is -0.481 e. The monoisotopic (exact) mass is 392 g/mol. The zero-order valence-corrected chi connectivity index (χ0v) is 17.5. The van der Waals surface area contributed by atoms with Crippen molar-refractivity contribution in [2.24, 2.45) is 40.4 Å². The van der Waals surface area contributed by atoms with Crippen LogP contribution in [0.4, 0.5) is 0 Å². The van der Waals surface area contributed by atoms with Crippen molar-refractivity contribution in [1.82, 2.24) is 0 Å². The van der Waals surface area contributed by atoms with Gasteiger partial charge in [-0.3, -0.25) is 9.59 Å². The molecule has 0 aromatic carbocycles. The van der Waals surface area contributed by atoms with E-state index in [0.29, 0.717) is 24.2 Å². The molecule has 0 amide bonds. The number of aliphatic hydroxyl groups is 1. The fraction of sp³-hybridized carbons (Fsp3) is 0.913. The molecule has 9 atom stereocenters. The smallest absolute Gasteiger partial charge is 0.310 e. The Hall–Kier alpha value is -1.10. The molecule has 0 spiro atoms. The zero-order chi connectivity index (χ0) is 20.3. The van der Waals surface area contributed by atoms with Crippen molar-refractivity contribution in [1.29, 1.82) is 0 Å². The van der Waals surface area contributed by atoms with E-state index in [9.17, 15) is 19.8 Å². The van der Waals surface area contributed by atoms with Gasteiger partial charge in [-0.05, 0) is 93.8 Å². The molecule has 5 nitrogen and oxygen atoms in total. The predicted octanol–water partition coefficient (Wildman–Crippen LogP) is 4.02. The summed E-state index contributed by atoms with van der Waals surface area (Å²) in [5, 5.41) is 20.6. The number of esters is 1. The summed E-state index contributed by atoms with van der Waals surface area (Å²) < 4.78 is 5.53. The summed E-state index contributed by atoms with van der Waals surface area (Å²) in [6.07, 6.45) is 8.12. The fourth-order valence-corrected chi connectivity index (χ4v) is 8.37. The van der Waals surface area contributed by atoms with Crippen LogP contribution in [0.3, 0.4) is 0 Å². The van der Waals surface area contributed by atoms with Gasteiger partial charge in [0.25, 0.3) is 0 Å². The van der Waals surface area contributed by atoms with E-state index >= 15 is 0 Å².